The van der Waals surface area contributed by atoms with Crippen molar-refractivity contribution < 1.29 is 28.7 Å². The fourth-order valence-corrected chi connectivity index (χ4v) is 4.68. The first kappa shape index (κ1) is 25.5. The number of pyridine rings is 1. The molecular formula is C26H28ClN3O6. The molecule has 1 aromatic carbocycles. The van der Waals surface area contributed by atoms with E-state index < -0.39 is 18.2 Å². The van der Waals surface area contributed by atoms with Crippen molar-refractivity contribution in [2.75, 3.05) is 11.9 Å². The summed E-state index contributed by atoms with van der Waals surface area (Å²) in [5, 5.41) is 16.6. The van der Waals surface area contributed by atoms with Crippen molar-refractivity contribution in [2.45, 2.75) is 45.6 Å². The number of nitrogens with zero attached hydrogens (tertiary/aromatic N) is 2. The molecule has 10 heteroatoms. The number of carbonyl (C=O) groups excluding carboxylic acids is 1. The Morgan fingerprint density at radius 1 is 1.22 bits per heavy atom. The number of ether oxygens (including phenoxy) is 2. The van der Waals surface area contributed by atoms with Crippen LogP contribution in [0.25, 0.3) is 11.5 Å². The first-order valence-electron chi connectivity index (χ1n) is 11.8. The van der Waals surface area contributed by atoms with Gasteiger partial charge in [-0.15, -0.1) is 0 Å². The maximum absolute atomic E-state index is 12.6. The minimum absolute atomic E-state index is 0.0252. The number of amides is 1. The molecule has 0 saturated heterocycles. The van der Waals surface area contributed by atoms with Gasteiger partial charge in [-0.05, 0) is 44.9 Å². The third kappa shape index (κ3) is 5.96. The number of hydrogen-bond donors (Lipinski definition) is 2. The van der Waals surface area contributed by atoms with Crippen LogP contribution >= 0.6 is 11.6 Å². The van der Waals surface area contributed by atoms with E-state index in [1.165, 1.54) is 6.20 Å². The number of anilines is 1. The molecular weight excluding hydrogens is 486 g/mol. The Morgan fingerprint density at radius 3 is 2.72 bits per heavy atom. The molecule has 2 N–H and O–H groups in total. The van der Waals surface area contributed by atoms with Gasteiger partial charge in [0.2, 0.25) is 5.76 Å². The van der Waals surface area contributed by atoms with Gasteiger partial charge >= 0.3 is 12.1 Å². The molecule has 1 saturated carbocycles. The van der Waals surface area contributed by atoms with Gasteiger partial charge in [0.15, 0.2) is 0 Å². The maximum atomic E-state index is 12.6. The molecule has 36 heavy (non-hydrogen) atoms. The largest absolute Gasteiger partial charge is 0.492 e. The summed E-state index contributed by atoms with van der Waals surface area (Å²) in [5.74, 6) is -0.371. The van der Waals surface area contributed by atoms with Gasteiger partial charge in [-0.2, -0.15) is 0 Å². The van der Waals surface area contributed by atoms with E-state index in [9.17, 15) is 14.7 Å². The summed E-state index contributed by atoms with van der Waals surface area (Å²) in [5.41, 5.74) is 1.95. The molecule has 1 amide bonds. The highest BCUT2D eigenvalue weighted by molar-refractivity contribution is 6.31. The van der Waals surface area contributed by atoms with E-state index in [1.54, 1.807) is 44.2 Å². The highest BCUT2D eigenvalue weighted by atomic mass is 35.5. The van der Waals surface area contributed by atoms with Crippen molar-refractivity contribution >= 4 is 29.4 Å². The van der Waals surface area contributed by atoms with Gasteiger partial charge in [-0.1, -0.05) is 47.8 Å². The second kappa shape index (κ2) is 11.4. The highest BCUT2D eigenvalue weighted by Gasteiger charge is 2.31. The number of aliphatic carboxylic acids is 1. The Bertz CT molecular complexity index is 1210. The predicted molar refractivity (Wildman–Crippen MR) is 133 cm³/mol. The van der Waals surface area contributed by atoms with Crippen molar-refractivity contribution in [2.24, 2.45) is 11.8 Å². The Morgan fingerprint density at radius 2 is 2.00 bits per heavy atom. The molecule has 0 bridgehead atoms. The van der Waals surface area contributed by atoms with Crippen molar-refractivity contribution in [1.29, 1.82) is 0 Å². The number of benzene rings is 1. The Labute approximate surface area is 213 Å². The number of hydrogen-bond acceptors (Lipinski definition) is 7. The quantitative estimate of drug-likeness (QED) is 0.360. The minimum Gasteiger partial charge on any atom is -0.492 e. The lowest BCUT2D eigenvalue weighted by Crippen LogP contribution is -2.31. The molecule has 3 aromatic rings. The van der Waals surface area contributed by atoms with Gasteiger partial charge in [0, 0.05) is 16.5 Å². The minimum atomic E-state index is -0.766. The lowest BCUT2D eigenvalue weighted by molar-refractivity contribution is -0.145. The van der Waals surface area contributed by atoms with Crippen LogP contribution in [0.2, 0.25) is 5.02 Å². The molecule has 0 radical (unpaired) electrons. The smallest absolute Gasteiger partial charge is 0.412 e. The zero-order valence-corrected chi connectivity index (χ0v) is 20.8. The molecule has 0 aliphatic heterocycles. The number of aromatic nitrogens is 2. The van der Waals surface area contributed by atoms with E-state index in [0.29, 0.717) is 46.4 Å². The molecule has 2 aromatic heterocycles. The average molecular weight is 514 g/mol. The number of rotatable bonds is 8. The van der Waals surface area contributed by atoms with Crippen LogP contribution in [0.1, 0.15) is 50.0 Å². The number of nitrogens with one attached hydrogen (secondary N) is 1. The van der Waals surface area contributed by atoms with E-state index in [2.05, 4.69) is 15.5 Å². The Balaban J connectivity index is 1.40. The van der Waals surface area contributed by atoms with Crippen LogP contribution in [-0.2, 0) is 9.53 Å². The van der Waals surface area contributed by atoms with Gasteiger partial charge in [0.25, 0.3) is 0 Å². The van der Waals surface area contributed by atoms with Gasteiger partial charge in [-0.3, -0.25) is 10.1 Å². The lowest BCUT2D eigenvalue weighted by atomic mass is 9.80. The third-order valence-corrected chi connectivity index (χ3v) is 6.72. The molecule has 3 atom stereocenters. The summed E-state index contributed by atoms with van der Waals surface area (Å²) < 4.78 is 16.7. The maximum Gasteiger partial charge on any atom is 0.412 e. The van der Waals surface area contributed by atoms with Crippen molar-refractivity contribution in [1.82, 2.24) is 10.1 Å². The molecule has 9 nitrogen and oxygen atoms in total. The second-order valence-corrected chi connectivity index (χ2v) is 9.25. The molecule has 1 aliphatic rings. The van der Waals surface area contributed by atoms with Crippen LogP contribution in [0.5, 0.6) is 5.75 Å². The van der Waals surface area contributed by atoms with E-state index in [4.69, 9.17) is 25.6 Å². The summed E-state index contributed by atoms with van der Waals surface area (Å²) >= 11 is 6.19. The van der Waals surface area contributed by atoms with E-state index in [0.717, 1.165) is 19.3 Å². The number of carboxylic acids is 1. The van der Waals surface area contributed by atoms with E-state index in [1.807, 2.05) is 6.07 Å². The molecule has 2 heterocycles. The van der Waals surface area contributed by atoms with Crippen LogP contribution < -0.4 is 10.1 Å². The zero-order chi connectivity index (χ0) is 25.7. The van der Waals surface area contributed by atoms with Crippen LogP contribution in [0.4, 0.5) is 10.5 Å². The Kier molecular flexibility index (Phi) is 8.10. The van der Waals surface area contributed by atoms with E-state index >= 15 is 0 Å². The molecule has 1 fully saturated rings. The van der Waals surface area contributed by atoms with Crippen molar-refractivity contribution in [3.05, 3.63) is 58.9 Å². The number of halogens is 1. The van der Waals surface area contributed by atoms with Gasteiger partial charge in [-0.25, -0.2) is 9.78 Å². The van der Waals surface area contributed by atoms with Gasteiger partial charge in [0.1, 0.15) is 28.9 Å². The summed E-state index contributed by atoms with van der Waals surface area (Å²) in [6, 6.07) is 10.6. The van der Waals surface area contributed by atoms with Crippen molar-refractivity contribution in [3.63, 3.8) is 0 Å². The Hall–Kier alpha value is -3.59. The molecule has 4 rings (SSSR count). The molecule has 190 valence electrons. The zero-order valence-electron chi connectivity index (χ0n) is 20.1. The fourth-order valence-electron chi connectivity index (χ4n) is 4.39. The molecule has 0 spiro atoms. The first-order chi connectivity index (χ1) is 17.3. The summed E-state index contributed by atoms with van der Waals surface area (Å²) in [6.07, 6.45) is 3.74. The predicted octanol–water partition coefficient (Wildman–Crippen LogP) is 6.28. The molecule has 1 aliphatic carbocycles. The first-order valence-corrected chi connectivity index (χ1v) is 12.2. The van der Waals surface area contributed by atoms with Gasteiger partial charge < -0.3 is 19.1 Å². The van der Waals surface area contributed by atoms with Crippen LogP contribution in [0.15, 0.2) is 47.1 Å². The normalized spacial score (nSPS) is 18.3. The lowest BCUT2D eigenvalue weighted by Gasteiger charge is -2.28. The second-order valence-electron chi connectivity index (χ2n) is 8.85. The van der Waals surface area contributed by atoms with Crippen molar-refractivity contribution in [3.8, 4) is 17.2 Å². The third-order valence-electron chi connectivity index (χ3n) is 6.38. The van der Waals surface area contributed by atoms with Crippen LogP contribution in [-0.4, -0.2) is 33.9 Å². The van der Waals surface area contributed by atoms with Crippen LogP contribution in [0.3, 0.4) is 0 Å². The summed E-state index contributed by atoms with van der Waals surface area (Å²) in [4.78, 5) is 28.5. The summed E-state index contributed by atoms with van der Waals surface area (Å²) in [7, 11) is 0. The van der Waals surface area contributed by atoms with E-state index in [-0.39, 0.29) is 17.6 Å². The van der Waals surface area contributed by atoms with Crippen LogP contribution in [0, 0.1) is 18.8 Å². The average Bonchev–Trinajstić information content (AvgIpc) is 3.23. The number of carboxylic acid groups (broad SMARTS) is 1. The fraction of sp³-hybridized carbons (Fsp3) is 0.385. The van der Waals surface area contributed by atoms with Gasteiger partial charge in [0.05, 0.1) is 18.7 Å². The standard InChI is InChI=1S/C26H28ClN3O6/c1-15-23(29-26(33)35-16(2)19-8-5-6-10-21(19)27)24(36-30-15)22-12-11-18(13-28-22)34-14-17-7-3-4-9-20(17)25(31)32/h5-6,8,10-13,16-17,20H,3-4,7,9,14H2,1-2H3,(H,29,33)(H,31,32)/t16-,17-,20+/m1/s1. The number of carbonyl (C=O) groups is 2. The monoisotopic (exact) mass is 513 g/mol. The highest BCUT2D eigenvalue weighted by Crippen LogP contribution is 2.33. The SMILES string of the molecule is Cc1noc(-c2ccc(OC[C@H]3CCCC[C@@H]3C(=O)O)cn2)c1NC(=O)O[C@H](C)c1ccccc1Cl. The molecule has 0 unspecified atom stereocenters. The topological polar surface area (TPSA) is 124 Å². The summed E-state index contributed by atoms with van der Waals surface area (Å²) in [6.45, 7) is 3.75. The number of aryl methyl sites for hydroxylation is 1.